The standard InChI is InChI=1S/C22H20N8O6S2/c1-36-27-14(11-9-38-22(24)25-11)18(32)26-15-19(33)30-16(21(34)35)10(8-37-20(15)30)6-29-12(17(23)31)7-28-5-3-2-4-13(28)29/h2-5,7,9,15,20H,6,8H2,1H3,(H5-,23,24,25,26,31,32,34,35)/b27-14-/t15-,20-/m1/s1. The topological polar surface area (TPSA) is 202 Å². The summed E-state index contributed by atoms with van der Waals surface area (Å²) >= 11 is 2.36. The molecule has 1 saturated heterocycles. The molecule has 2 atom stereocenters. The van der Waals surface area contributed by atoms with E-state index in [1.165, 1.54) is 24.3 Å². The van der Waals surface area contributed by atoms with Gasteiger partial charge in [0.1, 0.15) is 37.0 Å². The largest absolute Gasteiger partial charge is 0.543 e. The van der Waals surface area contributed by atoms with Crippen molar-refractivity contribution in [3.05, 3.63) is 58.6 Å². The smallest absolute Gasteiger partial charge is 0.292 e. The van der Waals surface area contributed by atoms with Crippen molar-refractivity contribution in [1.29, 1.82) is 0 Å². The molecule has 2 aliphatic rings. The predicted molar refractivity (Wildman–Crippen MR) is 133 cm³/mol. The van der Waals surface area contributed by atoms with Gasteiger partial charge in [0.05, 0.1) is 17.9 Å². The van der Waals surface area contributed by atoms with Crippen LogP contribution in [-0.4, -0.2) is 68.1 Å². The summed E-state index contributed by atoms with van der Waals surface area (Å²) in [6.45, 7) is -0.0154. The van der Waals surface area contributed by atoms with Crippen molar-refractivity contribution in [2.24, 2.45) is 10.9 Å². The third kappa shape index (κ3) is 4.22. The van der Waals surface area contributed by atoms with Crippen molar-refractivity contribution in [3.8, 4) is 0 Å². The first-order valence-corrected chi connectivity index (χ1v) is 12.9. The molecule has 16 heteroatoms. The fourth-order valence-corrected chi connectivity index (χ4v) is 6.24. The number of rotatable bonds is 8. The Hall–Kier alpha value is -4.44. The summed E-state index contributed by atoms with van der Waals surface area (Å²) in [7, 11) is 1.25. The van der Waals surface area contributed by atoms with Gasteiger partial charge in [-0.3, -0.25) is 19.3 Å². The van der Waals surface area contributed by atoms with Gasteiger partial charge in [-0.15, -0.1) is 23.1 Å². The number of hydrogen-bond acceptors (Lipinski definition) is 11. The SMILES string of the molecule is CO/N=C(\C(=O)N[C@@H]1C(=O)N2C(C(=O)[O-])=C(Cn3c(C(N)=O)c[n+]4ccccc34)CS[C@H]12)c1csc(N)n1. The maximum absolute atomic E-state index is 13.1. The van der Waals surface area contributed by atoms with Crippen LogP contribution in [0.4, 0.5) is 5.13 Å². The highest BCUT2D eigenvalue weighted by molar-refractivity contribution is 8.00. The summed E-state index contributed by atoms with van der Waals surface area (Å²) in [6, 6.07) is 4.27. The molecule has 3 amide bonds. The lowest BCUT2D eigenvalue weighted by atomic mass is 10.0. The average Bonchev–Trinajstić information content (AvgIpc) is 3.48. The Bertz CT molecular complexity index is 1560. The zero-order chi connectivity index (χ0) is 27.1. The molecule has 2 aliphatic heterocycles. The number of aliphatic carboxylic acids is 1. The number of oxime groups is 1. The summed E-state index contributed by atoms with van der Waals surface area (Å²) in [5.74, 6) is -3.41. The third-order valence-electron chi connectivity index (χ3n) is 5.99. The Morgan fingerprint density at radius 3 is 2.82 bits per heavy atom. The number of carbonyl (C=O) groups excluding carboxylic acids is 4. The van der Waals surface area contributed by atoms with Gasteiger partial charge in [0.25, 0.3) is 23.4 Å². The second-order valence-corrected chi connectivity index (χ2v) is 10.2. The molecular formula is C22H20N8O6S2. The van der Waals surface area contributed by atoms with Gasteiger partial charge in [-0.2, -0.15) is 0 Å². The number of nitrogens with two attached hydrogens (primary N) is 2. The van der Waals surface area contributed by atoms with E-state index >= 15 is 0 Å². The van der Waals surface area contributed by atoms with Gasteiger partial charge >= 0.3 is 0 Å². The van der Waals surface area contributed by atoms with E-state index in [0.29, 0.717) is 11.2 Å². The van der Waals surface area contributed by atoms with Gasteiger partial charge < -0.3 is 31.5 Å². The molecule has 3 aromatic rings. The molecule has 0 saturated carbocycles. The van der Waals surface area contributed by atoms with E-state index in [0.717, 1.165) is 16.2 Å². The van der Waals surface area contributed by atoms with E-state index in [9.17, 15) is 24.3 Å². The number of nitrogens with one attached hydrogen (secondary N) is 1. The van der Waals surface area contributed by atoms with E-state index in [2.05, 4.69) is 15.5 Å². The number of carboxylic acids is 1. The van der Waals surface area contributed by atoms with Crippen molar-refractivity contribution in [2.75, 3.05) is 18.6 Å². The molecule has 0 unspecified atom stereocenters. The fourth-order valence-electron chi connectivity index (χ4n) is 4.36. The minimum atomic E-state index is -1.55. The van der Waals surface area contributed by atoms with Crippen LogP contribution in [0.3, 0.4) is 0 Å². The number of hydrogen-bond donors (Lipinski definition) is 3. The van der Waals surface area contributed by atoms with Crippen molar-refractivity contribution in [3.63, 3.8) is 0 Å². The molecular weight excluding hydrogens is 536 g/mol. The second-order valence-electron chi connectivity index (χ2n) is 8.22. The zero-order valence-electron chi connectivity index (χ0n) is 19.7. The molecule has 196 valence electrons. The monoisotopic (exact) mass is 556 g/mol. The van der Waals surface area contributed by atoms with Crippen molar-refractivity contribution in [1.82, 2.24) is 19.8 Å². The van der Waals surface area contributed by atoms with E-state index in [4.69, 9.17) is 16.3 Å². The normalized spacial score (nSPS) is 19.2. The molecule has 5 heterocycles. The van der Waals surface area contributed by atoms with Crippen LogP contribution >= 0.6 is 23.1 Å². The minimum absolute atomic E-state index is 0.0154. The Balaban J connectivity index is 1.42. The zero-order valence-corrected chi connectivity index (χ0v) is 21.3. The lowest BCUT2D eigenvalue weighted by Gasteiger charge is -2.50. The number of carboxylic acid groups (broad SMARTS) is 1. The quantitative estimate of drug-likeness (QED) is 0.119. The number of primary amides is 1. The fraction of sp³-hybridized carbons (Fsp3) is 0.227. The van der Waals surface area contributed by atoms with E-state index < -0.39 is 35.1 Å². The van der Waals surface area contributed by atoms with Gasteiger partial charge in [0.15, 0.2) is 10.8 Å². The Morgan fingerprint density at radius 1 is 1.37 bits per heavy atom. The van der Waals surface area contributed by atoms with Gasteiger partial charge in [-0.25, -0.2) is 14.0 Å². The number of β-lactam (4-membered cyclic amide) rings is 1. The summed E-state index contributed by atoms with van der Waals surface area (Å²) in [4.78, 5) is 60.1. The van der Waals surface area contributed by atoms with Gasteiger partial charge in [0.2, 0.25) is 5.69 Å². The molecule has 0 spiro atoms. The summed E-state index contributed by atoms with van der Waals surface area (Å²) in [5, 5.41) is 19.5. The van der Waals surface area contributed by atoms with E-state index in [-0.39, 0.29) is 40.2 Å². The molecule has 14 nitrogen and oxygen atoms in total. The maximum Gasteiger partial charge on any atom is 0.292 e. The van der Waals surface area contributed by atoms with Gasteiger partial charge in [0, 0.05) is 22.8 Å². The molecule has 5 N–H and O–H groups in total. The van der Waals surface area contributed by atoms with Crippen LogP contribution in [0.25, 0.3) is 5.65 Å². The highest BCUT2D eigenvalue weighted by Crippen LogP contribution is 2.40. The first-order valence-electron chi connectivity index (χ1n) is 11.0. The molecule has 1 fully saturated rings. The molecule has 3 aromatic heterocycles. The van der Waals surface area contributed by atoms with Gasteiger partial charge in [-0.05, 0) is 6.07 Å². The molecule has 38 heavy (non-hydrogen) atoms. The number of pyridine rings is 1. The molecule has 0 aromatic carbocycles. The van der Waals surface area contributed by atoms with Crippen LogP contribution in [0.2, 0.25) is 0 Å². The number of aromatic nitrogens is 3. The number of carbonyl (C=O) groups is 4. The van der Waals surface area contributed by atoms with Crippen LogP contribution < -0.4 is 26.3 Å². The maximum atomic E-state index is 13.1. The highest BCUT2D eigenvalue weighted by atomic mass is 32.2. The molecule has 0 bridgehead atoms. The van der Waals surface area contributed by atoms with Crippen LogP contribution in [0.15, 0.2) is 52.4 Å². The lowest BCUT2D eigenvalue weighted by Crippen LogP contribution is -2.71. The Kier molecular flexibility index (Phi) is 6.50. The Labute approximate surface area is 222 Å². The van der Waals surface area contributed by atoms with E-state index in [1.807, 2.05) is 0 Å². The van der Waals surface area contributed by atoms with E-state index in [1.54, 1.807) is 39.6 Å². The van der Waals surface area contributed by atoms with Crippen LogP contribution in [0.5, 0.6) is 0 Å². The lowest BCUT2D eigenvalue weighted by molar-refractivity contribution is -0.510. The average molecular weight is 557 g/mol. The number of anilines is 1. The third-order valence-corrected chi connectivity index (χ3v) is 8.00. The second kappa shape index (κ2) is 9.79. The first kappa shape index (κ1) is 25.2. The predicted octanol–water partition coefficient (Wildman–Crippen LogP) is -2.18. The first-order chi connectivity index (χ1) is 18.2. The van der Waals surface area contributed by atoms with Crippen molar-refractivity contribution >= 4 is 63.3 Å². The van der Waals surface area contributed by atoms with Crippen LogP contribution in [0.1, 0.15) is 16.2 Å². The van der Waals surface area contributed by atoms with Gasteiger partial charge in [-0.1, -0.05) is 11.2 Å². The number of amides is 3. The number of imidazole rings is 1. The summed E-state index contributed by atoms with van der Waals surface area (Å²) < 4.78 is 3.27. The molecule has 0 aliphatic carbocycles. The summed E-state index contributed by atoms with van der Waals surface area (Å²) in [6.07, 6.45) is 3.27. The van der Waals surface area contributed by atoms with Crippen LogP contribution in [0, 0.1) is 0 Å². The summed E-state index contributed by atoms with van der Waals surface area (Å²) in [5.41, 5.74) is 12.0. The Morgan fingerprint density at radius 2 is 2.16 bits per heavy atom. The van der Waals surface area contributed by atoms with Crippen molar-refractivity contribution in [2.45, 2.75) is 18.0 Å². The number of fused-ring (bicyclic) bond motifs is 2. The highest BCUT2D eigenvalue weighted by Gasteiger charge is 2.53. The number of nitrogens with zero attached hydrogens (tertiary/aromatic N) is 5. The van der Waals surface area contributed by atoms with Crippen molar-refractivity contribution < 1.29 is 33.5 Å². The minimum Gasteiger partial charge on any atom is -0.543 e. The van der Waals surface area contributed by atoms with Crippen LogP contribution in [-0.2, 0) is 25.8 Å². The molecule has 5 rings (SSSR count). The molecule has 0 radical (unpaired) electrons. The number of thioether (sulfide) groups is 1. The number of nitrogen functional groups attached to an aromatic ring is 1. The number of thiazole rings is 1.